The van der Waals surface area contributed by atoms with Crippen molar-refractivity contribution < 1.29 is 19.4 Å². The van der Waals surface area contributed by atoms with Crippen molar-refractivity contribution in [3.8, 4) is 5.88 Å². The first-order valence-corrected chi connectivity index (χ1v) is 13.3. The lowest BCUT2D eigenvalue weighted by atomic mass is 10.00. The number of methoxy groups -OCH3 is 1. The third kappa shape index (κ3) is 5.69. The highest BCUT2D eigenvalue weighted by Crippen LogP contribution is 2.32. The molecule has 40 heavy (non-hydrogen) atoms. The third-order valence-electron chi connectivity index (χ3n) is 7.18. The summed E-state index contributed by atoms with van der Waals surface area (Å²) in [5.74, 6) is -0.513. The van der Waals surface area contributed by atoms with Crippen LogP contribution in [0.3, 0.4) is 0 Å². The number of aromatic amines is 1. The van der Waals surface area contributed by atoms with Crippen molar-refractivity contribution in [1.82, 2.24) is 14.8 Å². The maximum atomic E-state index is 12.8. The topological polar surface area (TPSA) is 110 Å². The Morgan fingerprint density at radius 2 is 1.65 bits per heavy atom. The number of piperazine rings is 1. The number of hydrogen-bond donors (Lipinski definition) is 3. The monoisotopic (exact) mass is 539 g/mol. The van der Waals surface area contributed by atoms with E-state index < -0.39 is 5.97 Å². The molecule has 2 amide bonds. The second-order valence-corrected chi connectivity index (χ2v) is 10.0. The number of carbonyl (C=O) groups excluding carboxylic acids is 2. The zero-order valence-electron chi connectivity index (χ0n) is 22.8. The molecule has 9 nitrogen and oxygen atoms in total. The van der Waals surface area contributed by atoms with Gasteiger partial charge in [-0.05, 0) is 50.2 Å². The molecule has 0 saturated carbocycles. The molecule has 0 radical (unpaired) electrons. The summed E-state index contributed by atoms with van der Waals surface area (Å²) in [7, 11) is 1.33. The number of aromatic nitrogens is 1. The molecule has 1 saturated heterocycles. The summed E-state index contributed by atoms with van der Waals surface area (Å²) in [5, 5.41) is 14.6. The predicted molar refractivity (Wildman–Crippen MR) is 157 cm³/mol. The van der Waals surface area contributed by atoms with Gasteiger partial charge in [0.05, 0.1) is 29.6 Å². The minimum atomic E-state index is -0.459. The summed E-state index contributed by atoms with van der Waals surface area (Å²) < 4.78 is 4.83. The minimum absolute atomic E-state index is 0.0546. The Hall–Kier alpha value is -4.63. The first kappa shape index (κ1) is 27.0. The van der Waals surface area contributed by atoms with E-state index in [1.165, 1.54) is 7.11 Å². The zero-order chi connectivity index (χ0) is 28.2. The van der Waals surface area contributed by atoms with Gasteiger partial charge in [-0.25, -0.2) is 14.6 Å². The molecule has 3 aromatic carbocycles. The number of hydrogen-bond acceptors (Lipinski definition) is 6. The van der Waals surface area contributed by atoms with Gasteiger partial charge < -0.3 is 25.0 Å². The lowest BCUT2D eigenvalue weighted by Gasteiger charge is -2.36. The molecule has 0 aliphatic carbocycles. The molecular formula is C31H33N5O4. The molecule has 0 unspecified atom stereocenters. The number of ether oxygens (including phenoxy) is 1. The van der Waals surface area contributed by atoms with E-state index in [1.54, 1.807) is 18.2 Å². The number of urea groups is 1. The van der Waals surface area contributed by atoms with Gasteiger partial charge in [-0.15, -0.1) is 0 Å². The van der Waals surface area contributed by atoms with Gasteiger partial charge in [-0.1, -0.05) is 36.4 Å². The van der Waals surface area contributed by atoms with Crippen LogP contribution < -0.4 is 5.32 Å². The van der Waals surface area contributed by atoms with E-state index in [4.69, 9.17) is 9.73 Å². The van der Waals surface area contributed by atoms with Crippen LogP contribution in [0.25, 0.3) is 10.9 Å². The molecule has 9 heteroatoms. The number of amides is 2. The summed E-state index contributed by atoms with van der Waals surface area (Å²) in [6.45, 7) is 7.47. The molecule has 0 atom stereocenters. The van der Waals surface area contributed by atoms with E-state index in [0.717, 1.165) is 18.7 Å². The molecule has 1 aliphatic rings. The van der Waals surface area contributed by atoms with Crippen LogP contribution in [-0.4, -0.2) is 76.9 Å². The van der Waals surface area contributed by atoms with E-state index in [-0.39, 0.29) is 11.9 Å². The van der Waals surface area contributed by atoms with Crippen LogP contribution in [0.1, 0.15) is 35.3 Å². The number of carbonyl (C=O) groups is 2. The Labute approximate surface area is 233 Å². The quantitative estimate of drug-likeness (QED) is 0.225. The lowest BCUT2D eigenvalue weighted by Crippen LogP contribution is -2.51. The summed E-state index contributed by atoms with van der Waals surface area (Å²) in [6.07, 6.45) is 0. The van der Waals surface area contributed by atoms with Gasteiger partial charge in [0.2, 0.25) is 0 Å². The molecule has 1 aromatic heterocycles. The number of aliphatic imine (C=N–C) groups is 1. The number of nitrogens with one attached hydrogen (secondary N) is 2. The molecule has 1 fully saturated rings. The highest BCUT2D eigenvalue weighted by molar-refractivity contribution is 6.22. The molecule has 206 valence electrons. The number of benzene rings is 3. The van der Waals surface area contributed by atoms with Crippen LogP contribution in [0.5, 0.6) is 5.88 Å². The van der Waals surface area contributed by atoms with E-state index in [9.17, 15) is 14.7 Å². The fourth-order valence-electron chi connectivity index (χ4n) is 4.92. The smallest absolute Gasteiger partial charge is 0.337 e. The molecule has 2 heterocycles. The second kappa shape index (κ2) is 11.6. The minimum Gasteiger partial charge on any atom is -0.494 e. The van der Waals surface area contributed by atoms with Gasteiger partial charge >= 0.3 is 12.0 Å². The summed E-state index contributed by atoms with van der Waals surface area (Å²) in [4.78, 5) is 36.9. The van der Waals surface area contributed by atoms with Crippen molar-refractivity contribution in [3.63, 3.8) is 0 Å². The van der Waals surface area contributed by atoms with Crippen molar-refractivity contribution in [2.75, 3.05) is 38.6 Å². The van der Waals surface area contributed by atoms with Crippen molar-refractivity contribution in [3.05, 3.63) is 89.5 Å². The van der Waals surface area contributed by atoms with Gasteiger partial charge in [0.15, 0.2) is 5.88 Å². The van der Waals surface area contributed by atoms with Crippen LogP contribution in [0.2, 0.25) is 0 Å². The summed E-state index contributed by atoms with van der Waals surface area (Å²) >= 11 is 0. The number of fused-ring (bicyclic) bond motifs is 1. The van der Waals surface area contributed by atoms with Crippen LogP contribution in [0.15, 0.2) is 77.8 Å². The van der Waals surface area contributed by atoms with Crippen LogP contribution >= 0.6 is 0 Å². The molecule has 3 N–H and O–H groups in total. The Morgan fingerprint density at radius 3 is 2.30 bits per heavy atom. The standard InChI is InChI=1S/C31H33N5O4/c1-20(2)35-15-17-36(18-16-35)31(39)33-24-12-10-23(11-13-24)32-28(21-7-5-4-6-8-21)27-25-14-9-22(30(38)40-3)19-26(25)34-29(27)37/h4-14,19-20,34,37H,15-18H2,1-3H3,(H,33,39). The first-order chi connectivity index (χ1) is 19.3. The van der Waals surface area contributed by atoms with Gasteiger partial charge in [-0.3, -0.25) is 4.90 Å². The summed E-state index contributed by atoms with van der Waals surface area (Å²) in [5.41, 5.74) is 4.20. The maximum Gasteiger partial charge on any atom is 0.337 e. The van der Waals surface area contributed by atoms with Crippen LogP contribution in [0, 0.1) is 0 Å². The molecule has 0 bridgehead atoms. The SMILES string of the molecule is COC(=O)c1ccc2c(C(=Nc3ccc(NC(=O)N4CCN(C(C)C)CC4)cc3)c3ccccc3)c(O)[nH]c2c1. The fraction of sp³-hybridized carbons (Fsp3) is 0.258. The lowest BCUT2D eigenvalue weighted by molar-refractivity contribution is 0.0601. The number of esters is 1. The van der Waals surface area contributed by atoms with Crippen LogP contribution in [-0.2, 0) is 4.74 Å². The van der Waals surface area contributed by atoms with E-state index in [2.05, 4.69) is 29.0 Å². The van der Waals surface area contributed by atoms with Gasteiger partial charge in [0, 0.05) is 54.4 Å². The second-order valence-electron chi connectivity index (χ2n) is 10.0. The number of H-pyrrole nitrogens is 1. The van der Waals surface area contributed by atoms with Crippen LogP contribution in [0.4, 0.5) is 16.2 Å². The highest BCUT2D eigenvalue weighted by atomic mass is 16.5. The Balaban J connectivity index is 1.42. The predicted octanol–water partition coefficient (Wildman–Crippen LogP) is 5.39. The molecule has 1 aliphatic heterocycles. The third-order valence-corrected chi connectivity index (χ3v) is 7.18. The van der Waals surface area contributed by atoms with Crippen molar-refractivity contribution >= 4 is 40.0 Å². The fourth-order valence-corrected chi connectivity index (χ4v) is 4.92. The number of nitrogens with zero attached hydrogens (tertiary/aromatic N) is 3. The molecular weight excluding hydrogens is 506 g/mol. The average Bonchev–Trinajstić information content (AvgIpc) is 3.31. The van der Waals surface area contributed by atoms with E-state index >= 15 is 0 Å². The van der Waals surface area contributed by atoms with Crippen molar-refractivity contribution in [1.29, 1.82) is 0 Å². The first-order valence-electron chi connectivity index (χ1n) is 13.3. The van der Waals surface area contributed by atoms with E-state index in [0.29, 0.717) is 58.2 Å². The summed E-state index contributed by atoms with van der Waals surface area (Å²) in [6, 6.07) is 22.3. The zero-order valence-corrected chi connectivity index (χ0v) is 22.8. The van der Waals surface area contributed by atoms with Gasteiger partial charge in [0.25, 0.3) is 0 Å². The number of anilines is 1. The molecule has 5 rings (SSSR count). The Bertz CT molecular complexity index is 1540. The normalized spacial score (nSPS) is 14.5. The van der Waals surface area contributed by atoms with Gasteiger partial charge in [-0.2, -0.15) is 0 Å². The Morgan fingerprint density at radius 1 is 0.950 bits per heavy atom. The largest absolute Gasteiger partial charge is 0.494 e. The van der Waals surface area contributed by atoms with Crippen molar-refractivity contribution in [2.24, 2.45) is 4.99 Å². The number of aromatic hydroxyl groups is 1. The molecule has 4 aromatic rings. The van der Waals surface area contributed by atoms with E-state index in [1.807, 2.05) is 59.5 Å². The van der Waals surface area contributed by atoms with Gasteiger partial charge in [0.1, 0.15) is 0 Å². The molecule has 0 spiro atoms. The average molecular weight is 540 g/mol. The Kier molecular flexibility index (Phi) is 7.84. The van der Waals surface area contributed by atoms with Crippen molar-refractivity contribution in [2.45, 2.75) is 19.9 Å². The highest BCUT2D eigenvalue weighted by Gasteiger charge is 2.23. The number of rotatable bonds is 6. The maximum absolute atomic E-state index is 12.8.